The number of rotatable bonds is 3. The summed E-state index contributed by atoms with van der Waals surface area (Å²) in [4.78, 5) is 31.4. The largest absolute Gasteiger partial charge is 0.299 e. The van der Waals surface area contributed by atoms with Crippen LogP contribution in [0.1, 0.15) is 24.8 Å². The SMILES string of the molecule is CON1C(=O)CC2(CCN(Cc3ccccc3)CC2)C1=O.Cl. The van der Waals surface area contributed by atoms with Crippen molar-refractivity contribution in [3.8, 4) is 0 Å². The zero-order valence-corrected chi connectivity index (χ0v) is 13.5. The Bertz CT molecular complexity index is 542. The van der Waals surface area contributed by atoms with Crippen LogP contribution < -0.4 is 0 Å². The van der Waals surface area contributed by atoms with Gasteiger partial charge in [0.25, 0.3) is 11.8 Å². The van der Waals surface area contributed by atoms with E-state index in [0.717, 1.165) is 37.5 Å². The molecule has 1 aromatic carbocycles. The summed E-state index contributed by atoms with van der Waals surface area (Å²) in [7, 11) is 1.37. The molecule has 0 N–H and O–H groups in total. The third-order valence-electron chi connectivity index (χ3n) is 4.60. The minimum absolute atomic E-state index is 0. The first-order chi connectivity index (χ1) is 10.1. The highest BCUT2D eigenvalue weighted by molar-refractivity contribution is 6.04. The number of hydroxylamine groups is 2. The molecular weight excluding hydrogens is 304 g/mol. The van der Waals surface area contributed by atoms with E-state index in [1.54, 1.807) is 0 Å². The minimum Gasteiger partial charge on any atom is -0.299 e. The van der Waals surface area contributed by atoms with Crippen molar-refractivity contribution >= 4 is 24.2 Å². The van der Waals surface area contributed by atoms with Gasteiger partial charge >= 0.3 is 0 Å². The van der Waals surface area contributed by atoms with E-state index in [-0.39, 0.29) is 24.2 Å². The van der Waals surface area contributed by atoms with Gasteiger partial charge < -0.3 is 0 Å². The van der Waals surface area contributed by atoms with Crippen LogP contribution in [0.5, 0.6) is 0 Å². The summed E-state index contributed by atoms with van der Waals surface area (Å²) in [5.74, 6) is -0.367. The molecule has 5 nitrogen and oxygen atoms in total. The molecule has 0 radical (unpaired) electrons. The minimum atomic E-state index is -0.527. The van der Waals surface area contributed by atoms with Gasteiger partial charge in [-0.05, 0) is 31.5 Å². The molecule has 3 rings (SSSR count). The second kappa shape index (κ2) is 6.77. The lowest BCUT2D eigenvalue weighted by Crippen LogP contribution is -2.44. The maximum absolute atomic E-state index is 12.4. The van der Waals surface area contributed by atoms with Gasteiger partial charge in [0.05, 0.1) is 12.5 Å². The topological polar surface area (TPSA) is 49.9 Å². The van der Waals surface area contributed by atoms with E-state index in [2.05, 4.69) is 17.0 Å². The Balaban J connectivity index is 0.00000176. The number of imide groups is 1. The predicted molar refractivity (Wildman–Crippen MR) is 84.1 cm³/mol. The van der Waals surface area contributed by atoms with Crippen molar-refractivity contribution in [3.63, 3.8) is 0 Å². The van der Waals surface area contributed by atoms with E-state index >= 15 is 0 Å². The first-order valence-electron chi connectivity index (χ1n) is 7.32. The molecule has 0 aliphatic carbocycles. The Hall–Kier alpha value is -1.43. The zero-order valence-electron chi connectivity index (χ0n) is 12.7. The Morgan fingerprint density at radius 1 is 1.14 bits per heavy atom. The van der Waals surface area contributed by atoms with Gasteiger partial charge in [0.15, 0.2) is 0 Å². The van der Waals surface area contributed by atoms with Crippen LogP contribution in [-0.2, 0) is 21.0 Å². The molecule has 22 heavy (non-hydrogen) atoms. The molecule has 2 amide bonds. The van der Waals surface area contributed by atoms with Gasteiger partial charge in [-0.15, -0.1) is 12.4 Å². The molecule has 2 aliphatic rings. The lowest BCUT2D eigenvalue weighted by atomic mass is 9.77. The Morgan fingerprint density at radius 2 is 1.77 bits per heavy atom. The molecule has 0 aromatic heterocycles. The van der Waals surface area contributed by atoms with E-state index in [9.17, 15) is 9.59 Å². The van der Waals surface area contributed by atoms with Crippen molar-refractivity contribution in [1.29, 1.82) is 0 Å². The van der Waals surface area contributed by atoms with Crippen molar-refractivity contribution in [2.45, 2.75) is 25.8 Å². The lowest BCUT2D eigenvalue weighted by Gasteiger charge is -2.37. The molecule has 0 saturated carbocycles. The maximum atomic E-state index is 12.4. The van der Waals surface area contributed by atoms with Crippen LogP contribution in [0.2, 0.25) is 0 Å². The standard InChI is InChI=1S/C16H20N2O3.ClH/c1-21-18-14(19)11-16(15(18)20)7-9-17(10-8-16)12-13-5-3-2-4-6-13;/h2-6H,7-12H2,1H3;1H. The molecule has 2 heterocycles. The fourth-order valence-corrected chi connectivity index (χ4v) is 3.32. The maximum Gasteiger partial charge on any atom is 0.260 e. The molecule has 1 aromatic rings. The summed E-state index contributed by atoms with van der Waals surface area (Å²) in [5, 5.41) is 0.937. The molecule has 6 heteroatoms. The smallest absolute Gasteiger partial charge is 0.260 e. The number of piperidine rings is 1. The third-order valence-corrected chi connectivity index (χ3v) is 4.60. The van der Waals surface area contributed by atoms with Crippen LogP contribution in [0.25, 0.3) is 0 Å². The Labute approximate surface area is 136 Å². The van der Waals surface area contributed by atoms with Gasteiger partial charge in [0.1, 0.15) is 0 Å². The number of amides is 2. The van der Waals surface area contributed by atoms with Crippen LogP contribution in [0, 0.1) is 5.41 Å². The average Bonchev–Trinajstić information content (AvgIpc) is 2.73. The predicted octanol–water partition coefficient (Wildman–Crippen LogP) is 2.01. The number of nitrogens with zero attached hydrogens (tertiary/aromatic N) is 2. The summed E-state index contributed by atoms with van der Waals surface area (Å²) in [6, 6.07) is 10.3. The van der Waals surface area contributed by atoms with Gasteiger partial charge in [-0.1, -0.05) is 30.3 Å². The van der Waals surface area contributed by atoms with Crippen LogP contribution in [0.15, 0.2) is 30.3 Å². The molecule has 0 bridgehead atoms. The van der Waals surface area contributed by atoms with Crippen molar-refractivity contribution < 1.29 is 14.4 Å². The molecule has 2 saturated heterocycles. The number of benzene rings is 1. The van der Waals surface area contributed by atoms with Gasteiger partial charge in [-0.2, -0.15) is 5.06 Å². The van der Waals surface area contributed by atoms with Gasteiger partial charge in [-0.3, -0.25) is 19.3 Å². The Kier molecular flexibility index (Phi) is 5.21. The Morgan fingerprint density at radius 3 is 2.32 bits per heavy atom. The van der Waals surface area contributed by atoms with E-state index in [1.165, 1.54) is 12.7 Å². The van der Waals surface area contributed by atoms with E-state index in [0.29, 0.717) is 6.42 Å². The molecule has 0 atom stereocenters. The number of carbonyl (C=O) groups is 2. The van der Waals surface area contributed by atoms with Crippen LogP contribution in [0.3, 0.4) is 0 Å². The monoisotopic (exact) mass is 324 g/mol. The summed E-state index contributed by atoms with van der Waals surface area (Å²) in [5.41, 5.74) is 0.751. The molecular formula is C16H21ClN2O3. The van der Waals surface area contributed by atoms with Crippen molar-refractivity contribution in [1.82, 2.24) is 9.96 Å². The van der Waals surface area contributed by atoms with Crippen molar-refractivity contribution in [2.24, 2.45) is 5.41 Å². The van der Waals surface area contributed by atoms with E-state index in [1.807, 2.05) is 18.2 Å². The van der Waals surface area contributed by atoms with Crippen LogP contribution in [-0.4, -0.2) is 42.0 Å². The normalized spacial score (nSPS) is 21.2. The van der Waals surface area contributed by atoms with Gasteiger partial charge in [0, 0.05) is 13.0 Å². The third kappa shape index (κ3) is 3.02. The summed E-state index contributed by atoms with van der Waals surface area (Å²) >= 11 is 0. The summed E-state index contributed by atoms with van der Waals surface area (Å²) in [6.45, 7) is 2.57. The number of carbonyl (C=O) groups excluding carboxylic acids is 2. The molecule has 2 aliphatic heterocycles. The molecule has 0 unspecified atom stereocenters. The highest BCUT2D eigenvalue weighted by atomic mass is 35.5. The molecule has 1 spiro atoms. The highest BCUT2D eigenvalue weighted by Gasteiger charge is 2.53. The number of likely N-dealkylation sites (tertiary alicyclic amines) is 1. The van der Waals surface area contributed by atoms with Crippen LogP contribution >= 0.6 is 12.4 Å². The number of hydrogen-bond donors (Lipinski definition) is 0. The first kappa shape index (κ1) is 16.9. The molecule has 2 fully saturated rings. The fourth-order valence-electron chi connectivity index (χ4n) is 3.32. The molecule has 120 valence electrons. The van der Waals surface area contributed by atoms with Gasteiger partial charge in [-0.25, -0.2) is 0 Å². The van der Waals surface area contributed by atoms with Gasteiger partial charge in [0.2, 0.25) is 0 Å². The number of halogens is 1. The van der Waals surface area contributed by atoms with Crippen molar-refractivity contribution in [2.75, 3.05) is 20.2 Å². The van der Waals surface area contributed by atoms with E-state index < -0.39 is 5.41 Å². The highest BCUT2D eigenvalue weighted by Crippen LogP contribution is 2.42. The number of hydrogen-bond acceptors (Lipinski definition) is 4. The summed E-state index contributed by atoms with van der Waals surface area (Å²) in [6.07, 6.45) is 1.74. The second-order valence-electron chi connectivity index (χ2n) is 5.89. The van der Waals surface area contributed by atoms with E-state index in [4.69, 9.17) is 4.84 Å². The first-order valence-corrected chi connectivity index (χ1v) is 7.32. The lowest BCUT2D eigenvalue weighted by molar-refractivity contribution is -0.183. The fraction of sp³-hybridized carbons (Fsp3) is 0.500. The quantitative estimate of drug-likeness (QED) is 0.798. The zero-order chi connectivity index (χ0) is 14.9. The summed E-state index contributed by atoms with van der Waals surface area (Å²) < 4.78 is 0. The average molecular weight is 325 g/mol. The second-order valence-corrected chi connectivity index (χ2v) is 5.89. The van der Waals surface area contributed by atoms with Crippen molar-refractivity contribution in [3.05, 3.63) is 35.9 Å². The van der Waals surface area contributed by atoms with Crippen LogP contribution in [0.4, 0.5) is 0 Å².